The molecule has 0 aliphatic rings. The van der Waals surface area contributed by atoms with Gasteiger partial charge in [0.05, 0.1) is 12.0 Å². The Morgan fingerprint density at radius 2 is 1.81 bits per heavy atom. The molecule has 0 atom stereocenters. The van der Waals surface area contributed by atoms with E-state index in [0.29, 0.717) is 5.75 Å². The minimum atomic E-state index is -4.18. The third kappa shape index (κ3) is 2.74. The average Bonchev–Trinajstić information content (AvgIpc) is 2.14. The number of rotatable bonds is 2. The zero-order valence-electron chi connectivity index (χ0n) is 9.81. The molecule has 1 N–H and O–H groups in total. The molecule has 0 aliphatic carbocycles. The predicted octanol–water partition coefficient (Wildman–Crippen LogP) is 2.24. The summed E-state index contributed by atoms with van der Waals surface area (Å²) in [7, 11) is -2.71. The van der Waals surface area contributed by atoms with E-state index in [-0.39, 0.29) is 10.3 Å². The number of ether oxygens (including phenoxy) is 1. The van der Waals surface area contributed by atoms with Crippen LogP contribution in [0.25, 0.3) is 0 Å². The summed E-state index contributed by atoms with van der Waals surface area (Å²) in [6.07, 6.45) is 0. The van der Waals surface area contributed by atoms with Crippen molar-refractivity contribution in [3.63, 3.8) is 0 Å². The lowest BCUT2D eigenvalue weighted by Gasteiger charge is -2.22. The topological polar surface area (TPSA) is 63.6 Å². The fourth-order valence-electron chi connectivity index (χ4n) is 1.45. The van der Waals surface area contributed by atoms with Gasteiger partial charge in [-0.15, -0.1) is 0 Å². The molecule has 0 radical (unpaired) electrons. The Balaban J connectivity index is 3.40. The van der Waals surface area contributed by atoms with Crippen LogP contribution in [0.1, 0.15) is 26.3 Å². The lowest BCUT2D eigenvalue weighted by molar-refractivity contribution is 0.395. The van der Waals surface area contributed by atoms with Gasteiger partial charge in [-0.3, -0.25) is 4.55 Å². The number of hydrogen-bond donors (Lipinski definition) is 1. The summed E-state index contributed by atoms with van der Waals surface area (Å²) in [6, 6.07) is 4.36. The summed E-state index contributed by atoms with van der Waals surface area (Å²) < 4.78 is 36.0. The van der Waals surface area contributed by atoms with E-state index in [4.69, 9.17) is 9.29 Å². The summed E-state index contributed by atoms with van der Waals surface area (Å²) in [5.74, 6) is 0.461. The first-order valence-electron chi connectivity index (χ1n) is 4.82. The molecule has 0 aromatic heterocycles. The maximum absolute atomic E-state index is 11.0. The lowest BCUT2D eigenvalue weighted by Crippen LogP contribution is -2.13. The normalized spacial score (nSPS) is 12.6. The van der Waals surface area contributed by atoms with Crippen LogP contribution in [0.3, 0.4) is 0 Å². The zero-order valence-corrected chi connectivity index (χ0v) is 10.6. The number of methoxy groups -OCH3 is 1. The third-order valence-corrected chi connectivity index (χ3v) is 3.13. The minimum Gasteiger partial charge on any atom is -0.496 e. The van der Waals surface area contributed by atoms with Crippen molar-refractivity contribution >= 4 is 10.1 Å². The summed E-state index contributed by atoms with van der Waals surface area (Å²) in [6.45, 7) is 5.99. The van der Waals surface area contributed by atoms with Gasteiger partial charge in [0.1, 0.15) is 5.75 Å². The summed E-state index contributed by atoms with van der Waals surface area (Å²) in [4.78, 5) is -0.155. The molecular formula is C11H16O4S. The van der Waals surface area contributed by atoms with E-state index in [2.05, 4.69) is 0 Å². The highest BCUT2D eigenvalue weighted by Crippen LogP contribution is 2.32. The van der Waals surface area contributed by atoms with Crippen LogP contribution in [0.15, 0.2) is 23.1 Å². The van der Waals surface area contributed by atoms with Gasteiger partial charge in [0.15, 0.2) is 0 Å². The van der Waals surface area contributed by atoms with E-state index < -0.39 is 10.1 Å². The Hall–Kier alpha value is -1.07. The Kier molecular flexibility index (Phi) is 3.30. The fourth-order valence-corrected chi connectivity index (χ4v) is 1.95. The van der Waals surface area contributed by atoms with Crippen molar-refractivity contribution in [1.82, 2.24) is 0 Å². The highest BCUT2D eigenvalue weighted by molar-refractivity contribution is 7.85. The molecule has 0 heterocycles. The van der Waals surface area contributed by atoms with Crippen LogP contribution >= 0.6 is 0 Å². The van der Waals surface area contributed by atoms with Gasteiger partial charge in [0.2, 0.25) is 0 Å². The van der Waals surface area contributed by atoms with Gasteiger partial charge >= 0.3 is 0 Å². The summed E-state index contributed by atoms with van der Waals surface area (Å²) >= 11 is 0. The first kappa shape index (κ1) is 13.0. The average molecular weight is 244 g/mol. The molecule has 0 bridgehead atoms. The van der Waals surface area contributed by atoms with Crippen LogP contribution in [0, 0.1) is 0 Å². The first-order chi connectivity index (χ1) is 7.16. The molecule has 0 aliphatic heterocycles. The van der Waals surface area contributed by atoms with Crippen molar-refractivity contribution in [3.05, 3.63) is 23.8 Å². The maximum Gasteiger partial charge on any atom is 0.294 e. The molecule has 1 rings (SSSR count). The standard InChI is InChI=1S/C11H16O4S/c1-11(2,3)9-6-5-8(16(12,13)14)7-10(9)15-4/h5-7H,1-4H3,(H,12,13,14). The van der Waals surface area contributed by atoms with Crippen LogP contribution in [0.4, 0.5) is 0 Å². The predicted molar refractivity (Wildman–Crippen MR) is 61.5 cm³/mol. The zero-order chi connectivity index (χ0) is 12.6. The van der Waals surface area contributed by atoms with Crippen molar-refractivity contribution < 1.29 is 17.7 Å². The molecule has 0 saturated carbocycles. The minimum absolute atomic E-state index is 0.150. The van der Waals surface area contributed by atoms with Gasteiger partial charge in [0.25, 0.3) is 10.1 Å². The van der Waals surface area contributed by atoms with Crippen molar-refractivity contribution in [3.8, 4) is 5.75 Å². The second-order valence-corrected chi connectivity index (χ2v) is 6.01. The van der Waals surface area contributed by atoms with Crippen molar-refractivity contribution in [2.75, 3.05) is 7.11 Å². The van der Waals surface area contributed by atoms with E-state index in [1.807, 2.05) is 20.8 Å². The quantitative estimate of drug-likeness (QED) is 0.810. The highest BCUT2D eigenvalue weighted by atomic mass is 32.2. The third-order valence-electron chi connectivity index (χ3n) is 2.28. The molecule has 1 aromatic rings. The molecule has 0 fully saturated rings. The van der Waals surface area contributed by atoms with Gasteiger partial charge in [-0.1, -0.05) is 26.8 Å². The van der Waals surface area contributed by atoms with Crippen LogP contribution < -0.4 is 4.74 Å². The van der Waals surface area contributed by atoms with E-state index in [0.717, 1.165) is 5.56 Å². The molecule has 90 valence electrons. The van der Waals surface area contributed by atoms with Crippen molar-refractivity contribution in [1.29, 1.82) is 0 Å². The first-order valence-corrected chi connectivity index (χ1v) is 6.26. The van der Waals surface area contributed by atoms with Crippen molar-refractivity contribution in [2.45, 2.75) is 31.1 Å². The lowest BCUT2D eigenvalue weighted by atomic mass is 9.86. The summed E-state index contributed by atoms with van der Waals surface area (Å²) in [5, 5.41) is 0. The summed E-state index contributed by atoms with van der Waals surface area (Å²) in [5.41, 5.74) is 0.741. The Morgan fingerprint density at radius 3 is 2.19 bits per heavy atom. The molecule has 0 saturated heterocycles. The molecule has 4 nitrogen and oxygen atoms in total. The van der Waals surface area contributed by atoms with Gasteiger partial charge in [0, 0.05) is 6.07 Å². The molecule has 0 amide bonds. The Bertz CT molecular complexity index is 483. The van der Waals surface area contributed by atoms with Crippen LogP contribution in [0.5, 0.6) is 5.75 Å². The van der Waals surface area contributed by atoms with Gasteiger partial charge in [-0.2, -0.15) is 8.42 Å². The van der Waals surface area contributed by atoms with Gasteiger partial charge in [-0.25, -0.2) is 0 Å². The second-order valence-electron chi connectivity index (χ2n) is 4.59. The Morgan fingerprint density at radius 1 is 1.25 bits per heavy atom. The van der Waals surface area contributed by atoms with E-state index in [9.17, 15) is 8.42 Å². The van der Waals surface area contributed by atoms with E-state index >= 15 is 0 Å². The molecule has 1 aromatic carbocycles. The largest absolute Gasteiger partial charge is 0.496 e. The Labute approximate surface area is 96.0 Å². The maximum atomic E-state index is 11.0. The molecular weight excluding hydrogens is 228 g/mol. The molecule has 0 spiro atoms. The fraction of sp³-hybridized carbons (Fsp3) is 0.455. The van der Waals surface area contributed by atoms with Crippen LogP contribution in [0.2, 0.25) is 0 Å². The molecule has 16 heavy (non-hydrogen) atoms. The molecule has 5 heteroatoms. The van der Waals surface area contributed by atoms with Crippen LogP contribution in [-0.2, 0) is 15.5 Å². The van der Waals surface area contributed by atoms with Gasteiger partial charge < -0.3 is 4.74 Å². The van der Waals surface area contributed by atoms with E-state index in [1.54, 1.807) is 6.07 Å². The smallest absolute Gasteiger partial charge is 0.294 e. The van der Waals surface area contributed by atoms with Crippen molar-refractivity contribution in [2.24, 2.45) is 0 Å². The monoisotopic (exact) mass is 244 g/mol. The second kappa shape index (κ2) is 4.07. The van der Waals surface area contributed by atoms with E-state index in [1.165, 1.54) is 19.2 Å². The SMILES string of the molecule is COc1cc(S(=O)(=O)O)ccc1C(C)(C)C. The number of hydrogen-bond acceptors (Lipinski definition) is 3. The molecule has 0 unspecified atom stereocenters. The van der Waals surface area contributed by atoms with Gasteiger partial charge in [-0.05, 0) is 17.0 Å². The van der Waals surface area contributed by atoms with Crippen LogP contribution in [-0.4, -0.2) is 20.1 Å². The number of benzene rings is 1. The highest BCUT2D eigenvalue weighted by Gasteiger charge is 2.21.